The third kappa shape index (κ3) is 5.44. The Hall–Kier alpha value is -3.10. The van der Waals surface area contributed by atoms with Crippen LogP contribution in [0.1, 0.15) is 23.4 Å². The Morgan fingerprint density at radius 1 is 1.03 bits per heavy atom. The van der Waals surface area contributed by atoms with E-state index >= 15 is 0 Å². The molecule has 35 heavy (non-hydrogen) atoms. The second-order valence-corrected chi connectivity index (χ2v) is 9.34. The third-order valence-corrected chi connectivity index (χ3v) is 6.78. The van der Waals surface area contributed by atoms with Gasteiger partial charge in [0.15, 0.2) is 5.76 Å². The molecule has 2 fully saturated rings. The first-order valence-corrected chi connectivity index (χ1v) is 12.1. The van der Waals surface area contributed by atoms with Crippen molar-refractivity contribution in [2.45, 2.75) is 18.9 Å². The molecule has 7 nitrogen and oxygen atoms in total. The lowest BCUT2D eigenvalue weighted by molar-refractivity contribution is -0.137. The molecular weight excluding hydrogens is 475 g/mol. The van der Waals surface area contributed by atoms with Crippen LogP contribution in [0.3, 0.4) is 0 Å². The van der Waals surface area contributed by atoms with Gasteiger partial charge in [-0.1, -0.05) is 11.6 Å². The summed E-state index contributed by atoms with van der Waals surface area (Å²) < 4.78 is 30.6. The highest BCUT2D eigenvalue weighted by atomic mass is 35.5. The van der Waals surface area contributed by atoms with Gasteiger partial charge in [0.25, 0.3) is 5.91 Å². The van der Waals surface area contributed by atoms with Crippen molar-refractivity contribution in [3.63, 3.8) is 0 Å². The number of halogens is 2. The molecule has 0 radical (unpaired) electrons. The average Bonchev–Trinajstić information content (AvgIpc) is 3.29. The molecule has 3 heterocycles. The van der Waals surface area contributed by atoms with Gasteiger partial charge in [-0.2, -0.15) is 0 Å². The highest BCUT2D eigenvalue weighted by Gasteiger charge is 2.36. The zero-order valence-corrected chi connectivity index (χ0v) is 19.9. The smallest absolute Gasteiger partial charge is 0.289 e. The van der Waals surface area contributed by atoms with Crippen molar-refractivity contribution in [3.8, 4) is 5.75 Å². The predicted molar refractivity (Wildman–Crippen MR) is 128 cm³/mol. The largest absolute Gasteiger partial charge is 0.490 e. The van der Waals surface area contributed by atoms with Crippen molar-refractivity contribution < 1.29 is 27.9 Å². The maximum Gasteiger partial charge on any atom is 0.289 e. The summed E-state index contributed by atoms with van der Waals surface area (Å²) in [5.41, 5.74) is 0.589. The van der Waals surface area contributed by atoms with Crippen LogP contribution in [0.2, 0.25) is 5.02 Å². The summed E-state index contributed by atoms with van der Waals surface area (Å²) in [6.07, 6.45) is 0.491. The molecule has 2 aliphatic heterocycles. The zero-order valence-electron chi connectivity index (χ0n) is 19.1. The monoisotopic (exact) mass is 500 g/mol. The molecule has 5 rings (SSSR count). The molecule has 9 heteroatoms. The highest BCUT2D eigenvalue weighted by molar-refractivity contribution is 6.31. The number of hydrogen-bond donors (Lipinski definition) is 0. The Bertz CT molecular complexity index is 1210. The lowest BCUT2D eigenvalue weighted by atomic mass is 9.90. The molecule has 2 amide bonds. The molecular formula is C26H26ClFN2O5. The van der Waals surface area contributed by atoms with Crippen LogP contribution < -0.4 is 4.74 Å². The number of benzene rings is 2. The summed E-state index contributed by atoms with van der Waals surface area (Å²) in [4.78, 5) is 29.8. The molecule has 0 saturated carbocycles. The normalized spacial score (nSPS) is 20.7. The van der Waals surface area contributed by atoms with Crippen molar-refractivity contribution in [1.82, 2.24) is 9.80 Å². The van der Waals surface area contributed by atoms with E-state index in [1.807, 2.05) is 0 Å². The van der Waals surface area contributed by atoms with Gasteiger partial charge in [0, 0.05) is 55.3 Å². The van der Waals surface area contributed by atoms with Crippen LogP contribution in [0, 0.1) is 11.7 Å². The Morgan fingerprint density at radius 3 is 2.57 bits per heavy atom. The number of fused-ring (bicyclic) bond motifs is 1. The quantitative estimate of drug-likeness (QED) is 0.520. The highest BCUT2D eigenvalue weighted by Crippen LogP contribution is 2.29. The van der Waals surface area contributed by atoms with Crippen molar-refractivity contribution in [2.24, 2.45) is 5.92 Å². The summed E-state index contributed by atoms with van der Waals surface area (Å²) in [6.45, 7) is 2.95. The molecule has 1 aromatic heterocycles. The van der Waals surface area contributed by atoms with Crippen LogP contribution in [0.5, 0.6) is 5.75 Å². The Balaban J connectivity index is 1.33. The van der Waals surface area contributed by atoms with E-state index in [4.69, 9.17) is 25.5 Å². The Kier molecular flexibility index (Phi) is 6.92. The van der Waals surface area contributed by atoms with Crippen LogP contribution in [0.15, 0.2) is 52.9 Å². The molecule has 184 valence electrons. The van der Waals surface area contributed by atoms with E-state index in [0.717, 1.165) is 5.39 Å². The molecule has 3 aromatic rings. The number of piperidine rings is 1. The molecule has 0 unspecified atom stereocenters. The van der Waals surface area contributed by atoms with Crippen LogP contribution in [0.25, 0.3) is 11.0 Å². The van der Waals surface area contributed by atoms with E-state index in [1.165, 1.54) is 12.1 Å². The van der Waals surface area contributed by atoms with Gasteiger partial charge < -0.3 is 23.7 Å². The number of amides is 2. The van der Waals surface area contributed by atoms with Gasteiger partial charge in [-0.15, -0.1) is 0 Å². The topological polar surface area (TPSA) is 72.2 Å². The van der Waals surface area contributed by atoms with Crippen molar-refractivity contribution >= 4 is 34.4 Å². The lowest BCUT2D eigenvalue weighted by Crippen LogP contribution is -2.50. The minimum absolute atomic E-state index is 0.0127. The van der Waals surface area contributed by atoms with Crippen LogP contribution in [-0.4, -0.2) is 67.1 Å². The van der Waals surface area contributed by atoms with Crippen LogP contribution >= 0.6 is 11.6 Å². The minimum Gasteiger partial charge on any atom is -0.490 e. The number of furan rings is 1. The molecule has 0 bridgehead atoms. The van der Waals surface area contributed by atoms with Gasteiger partial charge >= 0.3 is 0 Å². The maximum atomic E-state index is 13.3. The van der Waals surface area contributed by atoms with Gasteiger partial charge in [-0.05, 0) is 48.5 Å². The number of hydrogen-bond acceptors (Lipinski definition) is 5. The predicted octanol–water partition coefficient (Wildman–Crippen LogP) is 4.38. The van der Waals surface area contributed by atoms with Crippen LogP contribution in [0.4, 0.5) is 4.39 Å². The first kappa shape index (κ1) is 23.6. The van der Waals surface area contributed by atoms with Gasteiger partial charge in [0.2, 0.25) is 5.91 Å². The molecule has 2 atom stereocenters. The fourth-order valence-electron chi connectivity index (χ4n) is 4.68. The molecule has 0 spiro atoms. The van der Waals surface area contributed by atoms with Crippen LogP contribution in [-0.2, 0) is 9.53 Å². The number of morpholine rings is 1. The number of nitrogens with zero attached hydrogens (tertiary/aromatic N) is 2. The van der Waals surface area contributed by atoms with Gasteiger partial charge in [-0.3, -0.25) is 9.59 Å². The number of ether oxygens (including phenoxy) is 2. The number of carbonyl (C=O) groups excluding carboxylic acids is 2. The van der Waals surface area contributed by atoms with Gasteiger partial charge in [0.05, 0.1) is 13.2 Å². The molecule has 2 saturated heterocycles. The Labute approximate surface area is 207 Å². The number of likely N-dealkylation sites (tertiary alicyclic amines) is 1. The average molecular weight is 501 g/mol. The molecule has 2 aromatic carbocycles. The molecule has 0 N–H and O–H groups in total. The summed E-state index contributed by atoms with van der Waals surface area (Å²) in [5.74, 6) is -0.0245. The van der Waals surface area contributed by atoms with E-state index in [1.54, 1.807) is 46.2 Å². The first-order chi connectivity index (χ1) is 17.0. The van der Waals surface area contributed by atoms with Crippen molar-refractivity contribution in [3.05, 3.63) is 65.1 Å². The maximum absolute atomic E-state index is 13.3. The fourth-order valence-corrected chi connectivity index (χ4v) is 4.86. The fraction of sp³-hybridized carbons (Fsp3) is 0.385. The van der Waals surface area contributed by atoms with E-state index in [2.05, 4.69) is 0 Å². The van der Waals surface area contributed by atoms with Crippen molar-refractivity contribution in [1.29, 1.82) is 0 Å². The molecule has 0 aliphatic carbocycles. The van der Waals surface area contributed by atoms with E-state index in [9.17, 15) is 14.0 Å². The standard InChI is InChI=1S/C26H26ClFN2O5/c27-19-1-6-22-17(13-19)14-24(35-22)26(32)30-8-7-23(34-21-4-2-20(28)3-5-21)18(16-30)15-25(31)29-9-11-33-12-10-29/h1-6,13-14,18,23H,7-12,15-16H2/t18-,23-/m0/s1. The van der Waals surface area contributed by atoms with E-state index in [-0.39, 0.29) is 41.8 Å². The number of rotatable bonds is 5. The van der Waals surface area contributed by atoms with Crippen molar-refractivity contribution in [2.75, 3.05) is 39.4 Å². The first-order valence-electron chi connectivity index (χ1n) is 11.7. The Morgan fingerprint density at radius 2 is 1.80 bits per heavy atom. The lowest BCUT2D eigenvalue weighted by Gasteiger charge is -2.39. The van der Waals surface area contributed by atoms with Gasteiger partial charge in [-0.25, -0.2) is 4.39 Å². The second-order valence-electron chi connectivity index (χ2n) is 8.90. The summed E-state index contributed by atoms with van der Waals surface area (Å²) in [7, 11) is 0. The van der Waals surface area contributed by atoms with E-state index < -0.39 is 0 Å². The minimum atomic E-state index is -0.344. The summed E-state index contributed by atoms with van der Waals surface area (Å²) in [5, 5.41) is 1.33. The zero-order chi connectivity index (χ0) is 24.4. The summed E-state index contributed by atoms with van der Waals surface area (Å²) in [6, 6.07) is 12.7. The SMILES string of the molecule is O=C(C[C@H]1CN(C(=O)c2cc3cc(Cl)ccc3o2)CC[C@@H]1Oc1ccc(F)cc1)N1CCOCC1. The van der Waals surface area contributed by atoms with E-state index in [0.29, 0.717) is 62.2 Å². The van der Waals surface area contributed by atoms with Gasteiger partial charge in [0.1, 0.15) is 23.3 Å². The third-order valence-electron chi connectivity index (χ3n) is 6.54. The second kappa shape index (κ2) is 10.3. The molecule has 2 aliphatic rings. The summed E-state index contributed by atoms with van der Waals surface area (Å²) >= 11 is 6.06. The number of carbonyl (C=O) groups is 2.